The lowest BCUT2D eigenvalue weighted by Crippen LogP contribution is -2.25. The Labute approximate surface area is 113 Å². The number of anilines is 1. The number of nitrogens with one attached hydrogen (secondary N) is 1. The van der Waals surface area contributed by atoms with E-state index in [4.69, 9.17) is 4.74 Å². The molecule has 1 aliphatic rings. The first-order valence-corrected chi connectivity index (χ1v) is 6.53. The fourth-order valence-corrected chi connectivity index (χ4v) is 2.40. The second-order valence-corrected chi connectivity index (χ2v) is 5.46. The van der Waals surface area contributed by atoms with Gasteiger partial charge in [-0.15, -0.1) is 0 Å². The molecule has 1 aromatic carbocycles. The van der Waals surface area contributed by atoms with Crippen molar-refractivity contribution in [2.75, 3.05) is 19.0 Å². The van der Waals surface area contributed by atoms with Gasteiger partial charge in [0.15, 0.2) is 0 Å². The molecular weight excluding hydrogens is 242 g/mol. The van der Waals surface area contributed by atoms with E-state index < -0.39 is 11.4 Å². The third-order valence-corrected chi connectivity index (χ3v) is 4.18. The Kier molecular flexibility index (Phi) is 3.43. The largest absolute Gasteiger partial charge is 0.496 e. The summed E-state index contributed by atoms with van der Waals surface area (Å²) in [4.78, 5) is 11.2. The van der Waals surface area contributed by atoms with Gasteiger partial charge in [0, 0.05) is 12.2 Å². The highest BCUT2D eigenvalue weighted by molar-refractivity contribution is 5.79. The maximum atomic E-state index is 11.2. The Morgan fingerprint density at radius 2 is 2.00 bits per heavy atom. The zero-order chi connectivity index (χ0) is 14.2. The topological polar surface area (TPSA) is 58.6 Å². The van der Waals surface area contributed by atoms with Crippen LogP contribution in [0.2, 0.25) is 0 Å². The van der Waals surface area contributed by atoms with E-state index in [0.717, 1.165) is 41.0 Å². The minimum atomic E-state index is -0.694. The van der Waals surface area contributed by atoms with Gasteiger partial charge in [-0.05, 0) is 56.4 Å². The van der Waals surface area contributed by atoms with Crippen molar-refractivity contribution >= 4 is 11.7 Å². The van der Waals surface area contributed by atoms with Crippen LogP contribution in [0.4, 0.5) is 5.69 Å². The highest BCUT2D eigenvalue weighted by Gasteiger charge is 2.50. The van der Waals surface area contributed by atoms with E-state index in [0.29, 0.717) is 6.54 Å². The van der Waals surface area contributed by atoms with E-state index in [1.165, 1.54) is 0 Å². The summed E-state index contributed by atoms with van der Waals surface area (Å²) < 4.78 is 5.34. The number of carboxylic acid groups (broad SMARTS) is 1. The van der Waals surface area contributed by atoms with Gasteiger partial charge >= 0.3 is 5.97 Å². The maximum absolute atomic E-state index is 11.2. The Morgan fingerprint density at radius 1 is 1.37 bits per heavy atom. The van der Waals surface area contributed by atoms with Gasteiger partial charge < -0.3 is 15.2 Å². The number of carbonyl (C=O) groups is 1. The molecule has 104 valence electrons. The summed E-state index contributed by atoms with van der Waals surface area (Å²) in [7, 11) is 1.66. The van der Waals surface area contributed by atoms with Gasteiger partial charge in [-0.2, -0.15) is 0 Å². The van der Waals surface area contributed by atoms with E-state index in [1.807, 2.05) is 26.8 Å². The smallest absolute Gasteiger partial charge is 0.311 e. The van der Waals surface area contributed by atoms with E-state index in [9.17, 15) is 9.90 Å². The Bertz CT molecular complexity index is 519. The molecule has 4 nitrogen and oxygen atoms in total. The van der Waals surface area contributed by atoms with Crippen LogP contribution in [-0.4, -0.2) is 24.7 Å². The highest BCUT2D eigenvalue weighted by Crippen LogP contribution is 2.46. The Balaban J connectivity index is 2.22. The Morgan fingerprint density at radius 3 is 2.47 bits per heavy atom. The number of aliphatic carboxylic acids is 1. The predicted octanol–water partition coefficient (Wildman–Crippen LogP) is 2.90. The summed E-state index contributed by atoms with van der Waals surface area (Å²) in [5.41, 5.74) is 3.79. The standard InChI is InChI=1S/C15H21NO3/c1-9-7-12(19-4)10(2)11(3)13(9)16-8-15(5-6-15)14(17)18/h7,16H,5-6,8H2,1-4H3,(H,17,18). The van der Waals surface area contributed by atoms with Crippen LogP contribution in [0.25, 0.3) is 0 Å². The van der Waals surface area contributed by atoms with Crippen molar-refractivity contribution in [1.82, 2.24) is 0 Å². The molecule has 1 saturated carbocycles. The molecule has 2 rings (SSSR count). The van der Waals surface area contributed by atoms with Gasteiger partial charge in [0.05, 0.1) is 12.5 Å². The van der Waals surface area contributed by atoms with Crippen LogP contribution in [-0.2, 0) is 4.79 Å². The fraction of sp³-hybridized carbons (Fsp3) is 0.533. The zero-order valence-corrected chi connectivity index (χ0v) is 12.0. The molecule has 0 radical (unpaired) electrons. The van der Waals surface area contributed by atoms with E-state index in [1.54, 1.807) is 7.11 Å². The summed E-state index contributed by atoms with van der Waals surface area (Å²) in [6.45, 7) is 6.56. The second kappa shape index (κ2) is 4.76. The van der Waals surface area contributed by atoms with Crippen LogP contribution in [0.1, 0.15) is 29.5 Å². The molecule has 0 atom stereocenters. The lowest BCUT2D eigenvalue weighted by molar-refractivity contribution is -0.142. The van der Waals surface area contributed by atoms with E-state index in [-0.39, 0.29) is 0 Å². The van der Waals surface area contributed by atoms with Gasteiger partial charge in [-0.1, -0.05) is 0 Å². The molecule has 4 heteroatoms. The molecule has 0 saturated heterocycles. The minimum absolute atomic E-state index is 0.496. The number of hydrogen-bond acceptors (Lipinski definition) is 3. The molecule has 0 aromatic heterocycles. The first-order chi connectivity index (χ1) is 8.91. The van der Waals surface area contributed by atoms with Crippen LogP contribution < -0.4 is 10.1 Å². The molecule has 0 heterocycles. The summed E-state index contributed by atoms with van der Waals surface area (Å²) in [5, 5.41) is 12.5. The van der Waals surface area contributed by atoms with Gasteiger partial charge in [0.25, 0.3) is 0 Å². The van der Waals surface area contributed by atoms with Crippen molar-refractivity contribution in [1.29, 1.82) is 0 Å². The number of aryl methyl sites for hydroxylation is 1. The van der Waals surface area contributed by atoms with Gasteiger partial charge in [-0.25, -0.2) is 0 Å². The Hall–Kier alpha value is -1.71. The van der Waals surface area contributed by atoms with E-state index >= 15 is 0 Å². The molecule has 2 N–H and O–H groups in total. The maximum Gasteiger partial charge on any atom is 0.311 e. The predicted molar refractivity (Wildman–Crippen MR) is 75.0 cm³/mol. The number of rotatable bonds is 5. The van der Waals surface area contributed by atoms with Crippen molar-refractivity contribution in [2.24, 2.45) is 5.41 Å². The summed E-state index contributed by atoms with van der Waals surface area (Å²) in [5.74, 6) is 0.181. The average Bonchev–Trinajstić information content (AvgIpc) is 3.15. The van der Waals surface area contributed by atoms with Crippen LogP contribution in [0.5, 0.6) is 5.75 Å². The number of benzene rings is 1. The number of methoxy groups -OCH3 is 1. The molecule has 0 spiro atoms. The van der Waals surface area contributed by atoms with Crippen LogP contribution >= 0.6 is 0 Å². The van der Waals surface area contributed by atoms with Crippen LogP contribution in [0, 0.1) is 26.2 Å². The molecule has 1 fully saturated rings. The lowest BCUT2D eigenvalue weighted by atomic mass is 10.0. The first-order valence-electron chi connectivity index (χ1n) is 6.53. The molecular formula is C15H21NO3. The normalized spacial score (nSPS) is 16.0. The van der Waals surface area contributed by atoms with Crippen molar-refractivity contribution in [3.05, 3.63) is 22.8 Å². The average molecular weight is 263 g/mol. The zero-order valence-electron chi connectivity index (χ0n) is 12.0. The number of carboxylic acids is 1. The summed E-state index contributed by atoms with van der Waals surface area (Å²) in [6, 6.07) is 1.99. The van der Waals surface area contributed by atoms with Crippen molar-refractivity contribution in [3.8, 4) is 5.75 Å². The molecule has 1 aromatic rings. The first kappa shape index (κ1) is 13.7. The third kappa shape index (κ3) is 2.39. The third-order valence-electron chi connectivity index (χ3n) is 4.18. The SMILES string of the molecule is COc1cc(C)c(NCC2(C(=O)O)CC2)c(C)c1C. The number of ether oxygens (including phenoxy) is 1. The summed E-state index contributed by atoms with van der Waals surface area (Å²) in [6.07, 6.45) is 1.53. The van der Waals surface area contributed by atoms with Crippen molar-refractivity contribution < 1.29 is 14.6 Å². The lowest BCUT2D eigenvalue weighted by Gasteiger charge is -2.19. The van der Waals surface area contributed by atoms with Crippen LogP contribution in [0.3, 0.4) is 0 Å². The second-order valence-electron chi connectivity index (χ2n) is 5.46. The van der Waals surface area contributed by atoms with Gasteiger partial charge in [-0.3, -0.25) is 4.79 Å². The fourth-order valence-electron chi connectivity index (χ4n) is 2.40. The molecule has 0 amide bonds. The molecule has 0 aliphatic heterocycles. The highest BCUT2D eigenvalue weighted by atomic mass is 16.5. The van der Waals surface area contributed by atoms with Gasteiger partial charge in [0.1, 0.15) is 5.75 Å². The van der Waals surface area contributed by atoms with E-state index in [2.05, 4.69) is 5.32 Å². The van der Waals surface area contributed by atoms with Crippen LogP contribution in [0.15, 0.2) is 6.07 Å². The van der Waals surface area contributed by atoms with Crippen molar-refractivity contribution in [3.63, 3.8) is 0 Å². The molecule has 0 bridgehead atoms. The minimum Gasteiger partial charge on any atom is -0.496 e. The molecule has 1 aliphatic carbocycles. The quantitative estimate of drug-likeness (QED) is 0.857. The monoisotopic (exact) mass is 263 g/mol. The molecule has 19 heavy (non-hydrogen) atoms. The van der Waals surface area contributed by atoms with Crippen molar-refractivity contribution in [2.45, 2.75) is 33.6 Å². The number of hydrogen-bond donors (Lipinski definition) is 2. The summed E-state index contributed by atoms with van der Waals surface area (Å²) >= 11 is 0. The molecule has 0 unspecified atom stereocenters. The van der Waals surface area contributed by atoms with Gasteiger partial charge in [0.2, 0.25) is 0 Å².